The summed E-state index contributed by atoms with van der Waals surface area (Å²) in [7, 11) is 0. The summed E-state index contributed by atoms with van der Waals surface area (Å²) in [5.41, 5.74) is 5.53. The molecule has 0 bridgehead atoms. The smallest absolute Gasteiger partial charge is 0.0599 e. The van der Waals surface area contributed by atoms with Crippen molar-refractivity contribution in [2.75, 3.05) is 26.2 Å². The zero-order valence-electron chi connectivity index (χ0n) is 14.4. The normalized spacial score (nSPS) is 32.7. The van der Waals surface area contributed by atoms with Gasteiger partial charge in [0.15, 0.2) is 0 Å². The number of piperidine rings is 1. The Morgan fingerprint density at radius 2 is 1.86 bits per heavy atom. The van der Waals surface area contributed by atoms with Gasteiger partial charge in [0.25, 0.3) is 0 Å². The van der Waals surface area contributed by atoms with Crippen LogP contribution in [0.3, 0.4) is 0 Å². The van der Waals surface area contributed by atoms with E-state index in [0.717, 1.165) is 43.4 Å². The predicted molar refractivity (Wildman–Crippen MR) is 89.3 cm³/mol. The van der Waals surface area contributed by atoms with Crippen LogP contribution in [0.2, 0.25) is 0 Å². The fourth-order valence-corrected chi connectivity index (χ4v) is 4.28. The monoisotopic (exact) mass is 296 g/mol. The molecule has 1 aliphatic carbocycles. The highest BCUT2D eigenvalue weighted by Gasteiger charge is 2.36. The van der Waals surface area contributed by atoms with Gasteiger partial charge in [-0.05, 0) is 56.4 Å². The summed E-state index contributed by atoms with van der Waals surface area (Å²) in [6, 6.07) is 0.818. The Morgan fingerprint density at radius 1 is 1.14 bits per heavy atom. The van der Waals surface area contributed by atoms with Gasteiger partial charge in [-0.3, -0.25) is 4.90 Å². The van der Waals surface area contributed by atoms with Gasteiger partial charge in [0.2, 0.25) is 0 Å². The van der Waals surface area contributed by atoms with Crippen molar-refractivity contribution in [3.63, 3.8) is 0 Å². The first-order valence-electron chi connectivity index (χ1n) is 9.17. The molecule has 0 aromatic carbocycles. The van der Waals surface area contributed by atoms with Gasteiger partial charge in [0, 0.05) is 25.7 Å². The van der Waals surface area contributed by atoms with E-state index in [0.29, 0.717) is 6.10 Å². The summed E-state index contributed by atoms with van der Waals surface area (Å²) in [4.78, 5) is 2.78. The van der Waals surface area contributed by atoms with Crippen molar-refractivity contribution in [3.05, 3.63) is 0 Å². The molecule has 3 heteroatoms. The second-order valence-corrected chi connectivity index (χ2v) is 7.64. The average Bonchev–Trinajstić information content (AvgIpc) is 2.48. The Morgan fingerprint density at radius 3 is 2.48 bits per heavy atom. The van der Waals surface area contributed by atoms with Crippen LogP contribution in [-0.4, -0.2) is 43.3 Å². The number of rotatable bonds is 6. The third-order valence-electron chi connectivity index (χ3n) is 5.63. The molecule has 0 spiro atoms. The molecule has 1 heterocycles. The Bertz CT molecular complexity index is 287. The Labute approximate surface area is 131 Å². The van der Waals surface area contributed by atoms with Gasteiger partial charge in [-0.15, -0.1) is 0 Å². The largest absolute Gasteiger partial charge is 0.378 e. The van der Waals surface area contributed by atoms with Gasteiger partial charge in [0.1, 0.15) is 0 Å². The molecule has 3 atom stereocenters. The summed E-state index contributed by atoms with van der Waals surface area (Å²) in [6.07, 6.45) is 8.15. The van der Waals surface area contributed by atoms with Crippen LogP contribution in [0.1, 0.15) is 59.3 Å². The predicted octanol–water partition coefficient (Wildman–Crippen LogP) is 3.28. The van der Waals surface area contributed by atoms with Crippen LogP contribution in [-0.2, 0) is 4.74 Å². The van der Waals surface area contributed by atoms with Gasteiger partial charge in [-0.2, -0.15) is 0 Å². The van der Waals surface area contributed by atoms with E-state index in [1.54, 1.807) is 0 Å². The van der Waals surface area contributed by atoms with Crippen LogP contribution in [0.25, 0.3) is 0 Å². The van der Waals surface area contributed by atoms with E-state index in [4.69, 9.17) is 10.5 Å². The number of hydrogen-bond donors (Lipinski definition) is 1. The van der Waals surface area contributed by atoms with Crippen LogP contribution in [0.5, 0.6) is 0 Å². The zero-order valence-corrected chi connectivity index (χ0v) is 14.4. The molecule has 124 valence electrons. The van der Waals surface area contributed by atoms with Gasteiger partial charge in [0.05, 0.1) is 6.10 Å². The van der Waals surface area contributed by atoms with Crippen molar-refractivity contribution in [2.24, 2.45) is 23.5 Å². The van der Waals surface area contributed by atoms with E-state index >= 15 is 0 Å². The lowest BCUT2D eigenvalue weighted by Gasteiger charge is -2.46. The molecule has 3 nitrogen and oxygen atoms in total. The first kappa shape index (κ1) is 17.2. The average molecular weight is 296 g/mol. The number of hydrogen-bond acceptors (Lipinski definition) is 3. The summed E-state index contributed by atoms with van der Waals surface area (Å²) in [5, 5.41) is 0. The van der Waals surface area contributed by atoms with Crippen molar-refractivity contribution < 1.29 is 4.74 Å². The van der Waals surface area contributed by atoms with Crippen molar-refractivity contribution in [1.29, 1.82) is 0 Å². The van der Waals surface area contributed by atoms with Gasteiger partial charge in [-0.25, -0.2) is 0 Å². The Balaban J connectivity index is 1.81. The Hall–Kier alpha value is -0.120. The van der Waals surface area contributed by atoms with Crippen LogP contribution >= 0.6 is 0 Å². The maximum absolute atomic E-state index is 5.95. The van der Waals surface area contributed by atoms with Crippen molar-refractivity contribution in [1.82, 2.24) is 4.90 Å². The highest BCUT2D eigenvalue weighted by Crippen LogP contribution is 2.37. The van der Waals surface area contributed by atoms with E-state index in [9.17, 15) is 0 Å². The second-order valence-electron chi connectivity index (χ2n) is 7.64. The molecule has 1 saturated carbocycles. The fourth-order valence-electron chi connectivity index (χ4n) is 4.28. The van der Waals surface area contributed by atoms with Crippen LogP contribution in [0.15, 0.2) is 0 Å². The summed E-state index contributed by atoms with van der Waals surface area (Å²) < 4.78 is 5.95. The molecule has 2 aliphatic rings. The summed E-state index contributed by atoms with van der Waals surface area (Å²) >= 11 is 0. The highest BCUT2D eigenvalue weighted by molar-refractivity contribution is 4.89. The van der Waals surface area contributed by atoms with Crippen molar-refractivity contribution in [2.45, 2.75) is 71.4 Å². The van der Waals surface area contributed by atoms with Crippen LogP contribution in [0.4, 0.5) is 0 Å². The number of nitrogens with two attached hydrogens (primary N) is 1. The van der Waals surface area contributed by atoms with E-state index in [1.165, 1.54) is 45.2 Å². The van der Waals surface area contributed by atoms with E-state index in [-0.39, 0.29) is 0 Å². The molecule has 0 radical (unpaired) electrons. The molecular formula is C18H36N2O. The molecule has 2 rings (SSSR count). The molecular weight excluding hydrogens is 260 g/mol. The van der Waals surface area contributed by atoms with Crippen LogP contribution < -0.4 is 5.73 Å². The molecule has 0 aromatic heterocycles. The van der Waals surface area contributed by atoms with Gasteiger partial charge >= 0.3 is 0 Å². The third kappa shape index (κ3) is 4.94. The lowest BCUT2D eigenvalue weighted by molar-refractivity contribution is -0.0239. The van der Waals surface area contributed by atoms with Crippen molar-refractivity contribution in [3.8, 4) is 0 Å². The summed E-state index contributed by atoms with van der Waals surface area (Å²) in [5.74, 6) is 2.63. The minimum absolute atomic E-state index is 0.478. The zero-order chi connectivity index (χ0) is 15.2. The van der Waals surface area contributed by atoms with E-state index < -0.39 is 0 Å². The number of nitrogens with zero attached hydrogens (tertiary/aromatic N) is 1. The standard InChI is InChI=1S/C18H36N2O/c1-14(2)17-6-5-15(3)13-18(17)20-10-7-16(8-11-20)21-12-4-9-19/h14-18H,4-13,19H2,1-3H3. The lowest BCUT2D eigenvalue weighted by atomic mass is 9.73. The molecule has 1 saturated heterocycles. The minimum Gasteiger partial charge on any atom is -0.378 e. The first-order chi connectivity index (χ1) is 10.1. The molecule has 2 fully saturated rings. The summed E-state index contributed by atoms with van der Waals surface area (Å²) in [6.45, 7) is 11.3. The van der Waals surface area contributed by atoms with Gasteiger partial charge < -0.3 is 10.5 Å². The molecule has 2 N–H and O–H groups in total. The second kappa shape index (κ2) is 8.50. The minimum atomic E-state index is 0.478. The quantitative estimate of drug-likeness (QED) is 0.765. The third-order valence-corrected chi connectivity index (χ3v) is 5.63. The van der Waals surface area contributed by atoms with Gasteiger partial charge in [-0.1, -0.05) is 27.2 Å². The number of ether oxygens (including phenoxy) is 1. The van der Waals surface area contributed by atoms with Crippen molar-refractivity contribution >= 4 is 0 Å². The van der Waals surface area contributed by atoms with E-state index in [2.05, 4.69) is 25.7 Å². The molecule has 3 unspecified atom stereocenters. The molecule has 1 aliphatic heterocycles. The topological polar surface area (TPSA) is 38.5 Å². The highest BCUT2D eigenvalue weighted by atomic mass is 16.5. The lowest BCUT2D eigenvalue weighted by Crippen LogP contribution is -2.50. The SMILES string of the molecule is CC1CCC(C(C)C)C(N2CCC(OCCCN)CC2)C1. The first-order valence-corrected chi connectivity index (χ1v) is 9.17. The van der Waals surface area contributed by atoms with Crippen LogP contribution in [0, 0.1) is 17.8 Å². The number of likely N-dealkylation sites (tertiary alicyclic amines) is 1. The fraction of sp³-hybridized carbons (Fsp3) is 1.00. The Kier molecular flexibility index (Phi) is 6.97. The molecule has 0 amide bonds. The molecule has 21 heavy (non-hydrogen) atoms. The maximum Gasteiger partial charge on any atom is 0.0599 e. The maximum atomic E-state index is 5.95. The molecule has 0 aromatic rings. The van der Waals surface area contributed by atoms with E-state index in [1.807, 2.05) is 0 Å².